The van der Waals surface area contributed by atoms with Crippen LogP contribution in [-0.4, -0.2) is 12.6 Å². The first kappa shape index (κ1) is 13.0. The van der Waals surface area contributed by atoms with Crippen LogP contribution in [0.25, 0.3) is 0 Å². The van der Waals surface area contributed by atoms with Crippen molar-refractivity contribution in [2.75, 3.05) is 6.61 Å². The third kappa shape index (κ3) is 3.53. The molecule has 0 amide bonds. The third-order valence-corrected chi connectivity index (χ3v) is 2.75. The smallest absolute Gasteiger partial charge is 0.338 e. The molecule has 0 radical (unpaired) electrons. The minimum absolute atomic E-state index is 0.264. The number of rotatable bonds is 5. The summed E-state index contributed by atoms with van der Waals surface area (Å²) in [6.07, 6.45) is 1.92. The summed E-state index contributed by atoms with van der Waals surface area (Å²) in [7, 11) is 0. The number of esters is 1. The highest BCUT2D eigenvalue weighted by Crippen LogP contribution is 2.14. The Morgan fingerprint density at radius 2 is 2.19 bits per heavy atom. The van der Waals surface area contributed by atoms with E-state index in [9.17, 15) is 4.79 Å². The molecule has 1 rings (SSSR count). The summed E-state index contributed by atoms with van der Waals surface area (Å²) in [4.78, 5) is 11.6. The van der Waals surface area contributed by atoms with E-state index < -0.39 is 0 Å². The summed E-state index contributed by atoms with van der Waals surface area (Å²) in [6.45, 7) is 4.52. The molecule has 0 heterocycles. The molecule has 0 atom stereocenters. The Hall–Kier alpha value is -1.02. The average Bonchev–Trinajstić information content (AvgIpc) is 2.30. The zero-order chi connectivity index (χ0) is 12.0. The Morgan fingerprint density at radius 3 is 2.81 bits per heavy atom. The Morgan fingerprint density at radius 1 is 1.44 bits per heavy atom. The molecule has 0 aliphatic heterocycles. The van der Waals surface area contributed by atoms with Crippen molar-refractivity contribution in [3.05, 3.63) is 34.9 Å². The largest absolute Gasteiger partial charge is 0.462 e. The second kappa shape index (κ2) is 6.54. The van der Waals surface area contributed by atoms with Crippen LogP contribution in [0, 0.1) is 6.92 Å². The maximum Gasteiger partial charge on any atom is 0.338 e. The van der Waals surface area contributed by atoms with Gasteiger partial charge in [0.25, 0.3) is 0 Å². The summed E-state index contributed by atoms with van der Waals surface area (Å²) in [5, 5.41) is 0. The van der Waals surface area contributed by atoms with Crippen LogP contribution in [-0.2, 0) is 10.6 Å². The van der Waals surface area contributed by atoms with Gasteiger partial charge in [-0.3, -0.25) is 0 Å². The number of alkyl halides is 1. The summed E-state index contributed by atoms with van der Waals surface area (Å²) in [6, 6.07) is 5.48. The van der Waals surface area contributed by atoms with Gasteiger partial charge in [-0.15, -0.1) is 11.6 Å². The van der Waals surface area contributed by atoms with E-state index in [1.54, 1.807) is 12.1 Å². The molecular formula is C13H17ClO2. The second-order valence-corrected chi connectivity index (χ2v) is 4.03. The summed E-state index contributed by atoms with van der Waals surface area (Å²) < 4.78 is 5.13. The summed E-state index contributed by atoms with van der Waals surface area (Å²) >= 11 is 5.78. The Kier molecular flexibility index (Phi) is 5.33. The highest BCUT2D eigenvalue weighted by molar-refractivity contribution is 6.17. The lowest BCUT2D eigenvalue weighted by molar-refractivity contribution is 0.0499. The van der Waals surface area contributed by atoms with E-state index in [1.165, 1.54) is 0 Å². The van der Waals surface area contributed by atoms with E-state index in [0.29, 0.717) is 18.1 Å². The van der Waals surface area contributed by atoms with Crippen molar-refractivity contribution in [1.82, 2.24) is 0 Å². The molecule has 0 fully saturated rings. The lowest BCUT2D eigenvalue weighted by Crippen LogP contribution is -2.07. The lowest BCUT2D eigenvalue weighted by atomic mass is 10.1. The zero-order valence-electron chi connectivity index (χ0n) is 9.75. The number of carbonyl (C=O) groups is 1. The standard InChI is InChI=1S/C13H17ClO2/c1-3-4-7-16-13(15)11-6-5-10(2)12(8-11)9-14/h5-6,8H,3-4,7,9H2,1-2H3. The topological polar surface area (TPSA) is 26.3 Å². The summed E-state index contributed by atoms with van der Waals surface area (Å²) in [5.41, 5.74) is 2.66. The van der Waals surface area contributed by atoms with Gasteiger partial charge < -0.3 is 4.74 Å². The van der Waals surface area contributed by atoms with Crippen molar-refractivity contribution in [3.8, 4) is 0 Å². The number of hydrogen-bond acceptors (Lipinski definition) is 2. The molecule has 16 heavy (non-hydrogen) atoms. The molecule has 0 bridgehead atoms. The number of ether oxygens (including phenoxy) is 1. The number of hydrogen-bond donors (Lipinski definition) is 0. The molecule has 0 spiro atoms. The van der Waals surface area contributed by atoms with Crippen LogP contribution >= 0.6 is 11.6 Å². The number of unbranched alkanes of at least 4 members (excludes halogenated alkanes) is 1. The number of aryl methyl sites for hydroxylation is 1. The van der Waals surface area contributed by atoms with Crippen LogP contribution in [0.15, 0.2) is 18.2 Å². The molecule has 0 aliphatic carbocycles. The van der Waals surface area contributed by atoms with Crippen molar-refractivity contribution in [2.45, 2.75) is 32.6 Å². The quantitative estimate of drug-likeness (QED) is 0.446. The van der Waals surface area contributed by atoms with Crippen LogP contribution in [0.2, 0.25) is 0 Å². The molecule has 0 N–H and O–H groups in total. The lowest BCUT2D eigenvalue weighted by Gasteiger charge is -2.06. The summed E-state index contributed by atoms with van der Waals surface area (Å²) in [5.74, 6) is 0.155. The molecule has 2 nitrogen and oxygen atoms in total. The molecular weight excluding hydrogens is 224 g/mol. The molecule has 1 aromatic rings. The predicted octanol–water partition coefficient (Wildman–Crippen LogP) is 3.69. The van der Waals surface area contributed by atoms with Gasteiger partial charge in [0.1, 0.15) is 0 Å². The Bertz CT molecular complexity index is 361. The fraction of sp³-hybridized carbons (Fsp3) is 0.462. The van der Waals surface area contributed by atoms with Gasteiger partial charge in [0.15, 0.2) is 0 Å². The Labute approximate surface area is 102 Å². The van der Waals surface area contributed by atoms with Gasteiger partial charge in [-0.25, -0.2) is 4.79 Å². The first-order valence-corrected chi connectivity index (χ1v) is 6.05. The molecule has 0 saturated carbocycles. The van der Waals surface area contributed by atoms with Gasteiger partial charge in [0.05, 0.1) is 12.2 Å². The van der Waals surface area contributed by atoms with E-state index in [1.807, 2.05) is 13.0 Å². The van der Waals surface area contributed by atoms with Gasteiger partial charge in [-0.2, -0.15) is 0 Å². The van der Waals surface area contributed by atoms with E-state index in [4.69, 9.17) is 16.3 Å². The molecule has 1 aromatic carbocycles. The second-order valence-electron chi connectivity index (χ2n) is 3.76. The maximum absolute atomic E-state index is 11.6. The van der Waals surface area contributed by atoms with Crippen molar-refractivity contribution in [3.63, 3.8) is 0 Å². The Balaban J connectivity index is 2.68. The van der Waals surface area contributed by atoms with E-state index in [0.717, 1.165) is 24.0 Å². The van der Waals surface area contributed by atoms with Gasteiger partial charge in [-0.05, 0) is 36.6 Å². The molecule has 0 saturated heterocycles. The van der Waals surface area contributed by atoms with Crippen molar-refractivity contribution in [1.29, 1.82) is 0 Å². The van der Waals surface area contributed by atoms with Crippen LogP contribution in [0.5, 0.6) is 0 Å². The van der Waals surface area contributed by atoms with Gasteiger partial charge in [-0.1, -0.05) is 19.4 Å². The van der Waals surface area contributed by atoms with E-state index >= 15 is 0 Å². The number of benzene rings is 1. The van der Waals surface area contributed by atoms with Gasteiger partial charge in [0.2, 0.25) is 0 Å². The number of halogens is 1. The first-order chi connectivity index (χ1) is 7.69. The van der Waals surface area contributed by atoms with Crippen molar-refractivity contribution >= 4 is 17.6 Å². The van der Waals surface area contributed by atoms with Gasteiger partial charge in [0, 0.05) is 5.88 Å². The minimum Gasteiger partial charge on any atom is -0.462 e. The SMILES string of the molecule is CCCCOC(=O)c1ccc(C)c(CCl)c1. The van der Waals surface area contributed by atoms with E-state index in [2.05, 4.69) is 6.92 Å². The number of carbonyl (C=O) groups excluding carboxylic acids is 1. The minimum atomic E-state index is -0.264. The molecule has 88 valence electrons. The normalized spacial score (nSPS) is 10.2. The highest BCUT2D eigenvalue weighted by Gasteiger charge is 2.08. The maximum atomic E-state index is 11.6. The van der Waals surface area contributed by atoms with Crippen LogP contribution in [0.4, 0.5) is 0 Å². The monoisotopic (exact) mass is 240 g/mol. The first-order valence-electron chi connectivity index (χ1n) is 5.51. The van der Waals surface area contributed by atoms with Crippen LogP contribution in [0.3, 0.4) is 0 Å². The molecule has 3 heteroatoms. The zero-order valence-corrected chi connectivity index (χ0v) is 10.5. The van der Waals surface area contributed by atoms with Crippen molar-refractivity contribution in [2.24, 2.45) is 0 Å². The van der Waals surface area contributed by atoms with E-state index in [-0.39, 0.29) is 5.97 Å². The highest BCUT2D eigenvalue weighted by atomic mass is 35.5. The van der Waals surface area contributed by atoms with Gasteiger partial charge >= 0.3 is 5.97 Å². The third-order valence-electron chi connectivity index (χ3n) is 2.46. The molecule has 0 unspecified atom stereocenters. The average molecular weight is 241 g/mol. The predicted molar refractivity (Wildman–Crippen MR) is 65.9 cm³/mol. The van der Waals surface area contributed by atoms with Crippen LogP contribution < -0.4 is 0 Å². The van der Waals surface area contributed by atoms with Crippen LogP contribution in [0.1, 0.15) is 41.3 Å². The fourth-order valence-electron chi connectivity index (χ4n) is 1.33. The molecule has 0 aromatic heterocycles. The fourth-order valence-corrected chi connectivity index (χ4v) is 1.62. The van der Waals surface area contributed by atoms with Crippen molar-refractivity contribution < 1.29 is 9.53 Å². The molecule has 0 aliphatic rings.